The summed E-state index contributed by atoms with van der Waals surface area (Å²) < 4.78 is 5.45. The third-order valence-corrected chi connectivity index (χ3v) is 2.95. The van der Waals surface area contributed by atoms with Crippen LogP contribution in [0.1, 0.15) is 30.7 Å². The third-order valence-electron chi connectivity index (χ3n) is 2.95. The van der Waals surface area contributed by atoms with E-state index in [0.29, 0.717) is 6.61 Å². The molecule has 1 aromatic heterocycles. The van der Waals surface area contributed by atoms with Crippen LogP contribution in [0.25, 0.3) is 0 Å². The maximum atomic E-state index is 10.1. The highest BCUT2D eigenvalue weighted by Crippen LogP contribution is 2.31. The summed E-state index contributed by atoms with van der Waals surface area (Å²) in [4.78, 5) is 4.19. The van der Waals surface area contributed by atoms with Crippen LogP contribution in [-0.2, 0) is 4.74 Å². The Kier molecular flexibility index (Phi) is 3.03. The lowest BCUT2D eigenvalue weighted by atomic mass is 9.94. The highest BCUT2D eigenvalue weighted by Gasteiger charge is 2.29. The molecule has 0 aliphatic carbocycles. The molecule has 1 aliphatic heterocycles. The van der Waals surface area contributed by atoms with Gasteiger partial charge in [-0.15, -0.1) is 0 Å². The molecule has 1 aliphatic rings. The van der Waals surface area contributed by atoms with E-state index in [0.717, 1.165) is 17.7 Å². The van der Waals surface area contributed by atoms with Gasteiger partial charge in [-0.3, -0.25) is 4.98 Å². The van der Waals surface area contributed by atoms with Gasteiger partial charge >= 0.3 is 0 Å². The van der Waals surface area contributed by atoms with Gasteiger partial charge in [0.2, 0.25) is 0 Å². The molecule has 0 bridgehead atoms. The van der Waals surface area contributed by atoms with Crippen molar-refractivity contribution in [3.05, 3.63) is 29.6 Å². The van der Waals surface area contributed by atoms with Gasteiger partial charge < -0.3 is 9.84 Å². The number of aliphatic hydroxyl groups is 1. The van der Waals surface area contributed by atoms with Crippen LogP contribution in [0.2, 0.25) is 0 Å². The maximum absolute atomic E-state index is 10.1. The number of aromatic nitrogens is 1. The average molecular weight is 207 g/mol. The number of hydrogen-bond acceptors (Lipinski definition) is 3. The summed E-state index contributed by atoms with van der Waals surface area (Å²) in [5.41, 5.74) is 1.87. The van der Waals surface area contributed by atoms with Crippen molar-refractivity contribution in [1.29, 1.82) is 0 Å². The molecule has 2 rings (SSSR count). The zero-order valence-corrected chi connectivity index (χ0v) is 9.18. The van der Waals surface area contributed by atoms with Crippen LogP contribution in [-0.4, -0.2) is 22.8 Å². The molecule has 3 nitrogen and oxygen atoms in total. The monoisotopic (exact) mass is 207 g/mol. The van der Waals surface area contributed by atoms with Crippen molar-refractivity contribution >= 4 is 0 Å². The molecule has 0 spiro atoms. The van der Waals surface area contributed by atoms with E-state index < -0.39 is 6.10 Å². The highest BCUT2D eigenvalue weighted by atomic mass is 16.5. The molecule has 1 fully saturated rings. The van der Waals surface area contributed by atoms with Crippen LogP contribution >= 0.6 is 0 Å². The molecule has 1 aromatic rings. The summed E-state index contributed by atoms with van der Waals surface area (Å²) in [7, 11) is 0. The van der Waals surface area contributed by atoms with E-state index in [9.17, 15) is 5.11 Å². The molecule has 0 amide bonds. The second kappa shape index (κ2) is 4.29. The number of ether oxygens (including phenoxy) is 1. The molecular weight excluding hydrogens is 190 g/mol. The van der Waals surface area contributed by atoms with E-state index in [4.69, 9.17) is 4.74 Å². The average Bonchev–Trinajstić information content (AvgIpc) is 2.65. The first kappa shape index (κ1) is 10.6. The first-order valence-electron chi connectivity index (χ1n) is 5.39. The summed E-state index contributed by atoms with van der Waals surface area (Å²) in [6.45, 7) is 4.63. The van der Waals surface area contributed by atoms with Gasteiger partial charge in [-0.05, 0) is 31.9 Å². The second-order valence-corrected chi connectivity index (χ2v) is 4.32. The molecular formula is C12H17NO2. The van der Waals surface area contributed by atoms with E-state index >= 15 is 0 Å². The summed E-state index contributed by atoms with van der Waals surface area (Å²) >= 11 is 0. The van der Waals surface area contributed by atoms with E-state index in [2.05, 4.69) is 4.98 Å². The molecule has 0 saturated carbocycles. The Bertz CT molecular complexity index is 323. The van der Waals surface area contributed by atoms with Crippen molar-refractivity contribution in [3.63, 3.8) is 0 Å². The Labute approximate surface area is 90.1 Å². The zero-order valence-electron chi connectivity index (χ0n) is 9.18. The Balaban J connectivity index is 2.07. The number of aliphatic hydroxyl groups excluding tert-OH is 1. The number of hydrogen-bond donors (Lipinski definition) is 1. The first-order chi connectivity index (χ1) is 7.16. The van der Waals surface area contributed by atoms with Gasteiger partial charge in [0.1, 0.15) is 0 Å². The minimum atomic E-state index is -0.442. The Morgan fingerprint density at radius 3 is 2.87 bits per heavy atom. The molecule has 3 unspecified atom stereocenters. The lowest BCUT2D eigenvalue weighted by molar-refractivity contribution is 0.0802. The van der Waals surface area contributed by atoms with E-state index in [-0.39, 0.29) is 12.0 Å². The standard InChI is InChI=1S/C12H17NO2/c1-8-3-4-10(6-13-8)12(14)11-5-9(2)15-7-11/h3-4,6,9,11-12,14H,5,7H2,1-2H3. The Morgan fingerprint density at radius 2 is 2.33 bits per heavy atom. The minimum absolute atomic E-state index is 0.213. The summed E-state index contributed by atoms with van der Waals surface area (Å²) in [5.74, 6) is 0.213. The predicted molar refractivity (Wildman–Crippen MR) is 57.5 cm³/mol. The molecule has 0 aromatic carbocycles. The fourth-order valence-corrected chi connectivity index (χ4v) is 2.00. The van der Waals surface area contributed by atoms with Gasteiger partial charge in [0, 0.05) is 17.8 Å². The Hall–Kier alpha value is -0.930. The first-order valence-corrected chi connectivity index (χ1v) is 5.39. The van der Waals surface area contributed by atoms with Gasteiger partial charge in [-0.2, -0.15) is 0 Å². The summed E-state index contributed by atoms with van der Waals surface area (Å²) in [5, 5.41) is 10.1. The lowest BCUT2D eigenvalue weighted by Gasteiger charge is -2.16. The van der Waals surface area contributed by atoms with Crippen molar-refractivity contribution in [2.75, 3.05) is 6.61 Å². The van der Waals surface area contributed by atoms with Crippen molar-refractivity contribution < 1.29 is 9.84 Å². The highest BCUT2D eigenvalue weighted by molar-refractivity contribution is 5.16. The van der Waals surface area contributed by atoms with Gasteiger partial charge in [0.25, 0.3) is 0 Å². The smallest absolute Gasteiger partial charge is 0.0856 e. The van der Waals surface area contributed by atoms with Crippen LogP contribution in [0.4, 0.5) is 0 Å². The molecule has 2 heterocycles. The molecule has 0 radical (unpaired) electrons. The fourth-order valence-electron chi connectivity index (χ4n) is 2.00. The van der Waals surface area contributed by atoms with Crippen LogP contribution in [0.15, 0.2) is 18.3 Å². The summed E-state index contributed by atoms with van der Waals surface area (Å²) in [6.07, 6.45) is 2.50. The van der Waals surface area contributed by atoms with Gasteiger partial charge in [-0.25, -0.2) is 0 Å². The van der Waals surface area contributed by atoms with Crippen LogP contribution in [0.3, 0.4) is 0 Å². The number of rotatable bonds is 2. The second-order valence-electron chi connectivity index (χ2n) is 4.32. The van der Waals surface area contributed by atoms with E-state index in [1.165, 1.54) is 0 Å². The Morgan fingerprint density at radius 1 is 1.53 bits per heavy atom. The lowest BCUT2D eigenvalue weighted by Crippen LogP contribution is -2.13. The summed E-state index contributed by atoms with van der Waals surface area (Å²) in [6, 6.07) is 3.87. The molecule has 1 saturated heterocycles. The molecule has 3 atom stereocenters. The predicted octanol–water partition coefficient (Wildman–Crippen LogP) is 1.85. The van der Waals surface area contributed by atoms with E-state index in [1.54, 1.807) is 6.20 Å². The minimum Gasteiger partial charge on any atom is -0.388 e. The fraction of sp³-hybridized carbons (Fsp3) is 0.583. The van der Waals surface area contributed by atoms with Gasteiger partial charge in [-0.1, -0.05) is 6.07 Å². The molecule has 15 heavy (non-hydrogen) atoms. The normalized spacial score (nSPS) is 27.9. The molecule has 3 heteroatoms. The third kappa shape index (κ3) is 2.36. The maximum Gasteiger partial charge on any atom is 0.0856 e. The number of aryl methyl sites for hydroxylation is 1. The quantitative estimate of drug-likeness (QED) is 0.804. The van der Waals surface area contributed by atoms with Gasteiger partial charge in [0.05, 0.1) is 18.8 Å². The molecule has 1 N–H and O–H groups in total. The van der Waals surface area contributed by atoms with Crippen LogP contribution < -0.4 is 0 Å². The SMILES string of the molecule is Cc1ccc(C(O)C2COC(C)C2)cn1. The largest absolute Gasteiger partial charge is 0.388 e. The van der Waals surface area contributed by atoms with Crippen molar-refractivity contribution in [1.82, 2.24) is 4.98 Å². The number of nitrogens with zero attached hydrogens (tertiary/aromatic N) is 1. The van der Waals surface area contributed by atoms with E-state index in [1.807, 2.05) is 26.0 Å². The van der Waals surface area contributed by atoms with Crippen LogP contribution in [0, 0.1) is 12.8 Å². The van der Waals surface area contributed by atoms with Crippen molar-refractivity contribution in [3.8, 4) is 0 Å². The molecule has 82 valence electrons. The van der Waals surface area contributed by atoms with Crippen LogP contribution in [0.5, 0.6) is 0 Å². The topological polar surface area (TPSA) is 42.4 Å². The zero-order chi connectivity index (χ0) is 10.8. The number of pyridine rings is 1. The van der Waals surface area contributed by atoms with Crippen molar-refractivity contribution in [2.24, 2.45) is 5.92 Å². The van der Waals surface area contributed by atoms with Crippen molar-refractivity contribution in [2.45, 2.75) is 32.5 Å². The van der Waals surface area contributed by atoms with Gasteiger partial charge in [0.15, 0.2) is 0 Å².